The first-order valence-electron chi connectivity index (χ1n) is 4.82. The van der Waals surface area contributed by atoms with Gasteiger partial charge in [-0.3, -0.25) is 0 Å². The summed E-state index contributed by atoms with van der Waals surface area (Å²) < 4.78 is 2.92. The molecule has 0 aliphatic heterocycles. The van der Waals surface area contributed by atoms with Crippen LogP contribution in [0.2, 0.25) is 5.15 Å². The van der Waals surface area contributed by atoms with Crippen molar-refractivity contribution in [2.45, 2.75) is 6.54 Å². The molecule has 2 aromatic rings. The van der Waals surface area contributed by atoms with Crippen LogP contribution in [0.15, 0.2) is 34.9 Å². The maximum Gasteiger partial charge on any atom is 0.128 e. The third-order valence-electron chi connectivity index (χ3n) is 2.32. The van der Waals surface area contributed by atoms with Crippen molar-refractivity contribution >= 4 is 33.2 Å². The summed E-state index contributed by atoms with van der Waals surface area (Å²) in [6.07, 6.45) is 1.65. The maximum absolute atomic E-state index is 5.90. The van der Waals surface area contributed by atoms with E-state index in [-0.39, 0.29) is 0 Å². The Morgan fingerprint density at radius 2 is 2.06 bits per heavy atom. The van der Waals surface area contributed by atoms with E-state index < -0.39 is 0 Å². The Bertz CT molecular complexity index is 478. The zero-order chi connectivity index (χ0) is 11.5. The van der Waals surface area contributed by atoms with Crippen molar-refractivity contribution in [2.75, 3.05) is 5.32 Å². The fourth-order valence-electron chi connectivity index (χ4n) is 1.34. The van der Waals surface area contributed by atoms with Crippen LogP contribution in [-0.4, -0.2) is 9.55 Å². The third kappa shape index (κ3) is 2.57. The second kappa shape index (κ2) is 4.89. The maximum atomic E-state index is 5.90. The Morgan fingerprint density at radius 1 is 1.38 bits per heavy atom. The molecule has 0 radical (unpaired) electrons. The summed E-state index contributed by atoms with van der Waals surface area (Å²) in [4.78, 5) is 4.21. The van der Waals surface area contributed by atoms with Gasteiger partial charge in [-0.2, -0.15) is 0 Å². The molecule has 0 bridgehead atoms. The van der Waals surface area contributed by atoms with E-state index in [2.05, 4.69) is 26.2 Å². The number of aromatic nitrogens is 2. The van der Waals surface area contributed by atoms with Gasteiger partial charge in [0.25, 0.3) is 0 Å². The zero-order valence-electron chi connectivity index (χ0n) is 8.74. The number of benzene rings is 1. The molecule has 5 heteroatoms. The smallest absolute Gasteiger partial charge is 0.128 e. The van der Waals surface area contributed by atoms with Crippen LogP contribution in [-0.2, 0) is 13.6 Å². The first-order valence-corrected chi connectivity index (χ1v) is 5.99. The van der Waals surface area contributed by atoms with Gasteiger partial charge < -0.3 is 9.88 Å². The average molecular weight is 301 g/mol. The number of rotatable bonds is 3. The minimum atomic E-state index is 0.646. The Labute approximate surface area is 108 Å². The Kier molecular flexibility index (Phi) is 3.51. The molecule has 1 N–H and O–H groups in total. The minimum absolute atomic E-state index is 0.646. The summed E-state index contributed by atoms with van der Waals surface area (Å²) >= 11 is 9.29. The highest BCUT2D eigenvalue weighted by Gasteiger charge is 2.03. The van der Waals surface area contributed by atoms with Gasteiger partial charge in [-0.1, -0.05) is 27.5 Å². The summed E-state index contributed by atoms with van der Waals surface area (Å²) in [5.74, 6) is 0.910. The van der Waals surface area contributed by atoms with Crippen molar-refractivity contribution in [1.82, 2.24) is 9.55 Å². The van der Waals surface area contributed by atoms with Gasteiger partial charge in [-0.15, -0.1) is 0 Å². The van der Waals surface area contributed by atoms with Gasteiger partial charge in [0.1, 0.15) is 11.0 Å². The summed E-state index contributed by atoms with van der Waals surface area (Å²) in [6, 6.07) is 8.00. The lowest BCUT2D eigenvalue weighted by Gasteiger charge is -2.06. The molecule has 2 rings (SSSR count). The summed E-state index contributed by atoms with van der Waals surface area (Å²) in [5, 5.41) is 3.93. The van der Waals surface area contributed by atoms with Crippen LogP contribution in [0.25, 0.3) is 0 Å². The number of nitrogens with one attached hydrogen (secondary N) is 1. The van der Waals surface area contributed by atoms with E-state index in [9.17, 15) is 0 Å². The van der Waals surface area contributed by atoms with Gasteiger partial charge in [0, 0.05) is 17.2 Å². The molecule has 0 saturated carbocycles. The van der Waals surface area contributed by atoms with E-state index in [4.69, 9.17) is 11.6 Å². The second-order valence-electron chi connectivity index (χ2n) is 3.42. The molecule has 0 unspecified atom stereocenters. The van der Waals surface area contributed by atoms with E-state index >= 15 is 0 Å². The van der Waals surface area contributed by atoms with Gasteiger partial charge in [-0.05, 0) is 24.3 Å². The van der Waals surface area contributed by atoms with Crippen molar-refractivity contribution in [3.63, 3.8) is 0 Å². The van der Waals surface area contributed by atoms with Crippen LogP contribution in [0.5, 0.6) is 0 Å². The highest BCUT2D eigenvalue weighted by Crippen LogP contribution is 2.15. The van der Waals surface area contributed by atoms with Crippen LogP contribution in [0.4, 0.5) is 5.69 Å². The number of nitrogens with zero attached hydrogens (tertiary/aromatic N) is 2. The van der Waals surface area contributed by atoms with Crippen LogP contribution >= 0.6 is 27.5 Å². The molecule has 1 aromatic carbocycles. The van der Waals surface area contributed by atoms with Gasteiger partial charge in [0.15, 0.2) is 0 Å². The molecule has 1 heterocycles. The lowest BCUT2D eigenvalue weighted by atomic mass is 10.3. The normalized spacial score (nSPS) is 10.4. The van der Waals surface area contributed by atoms with Crippen LogP contribution < -0.4 is 5.32 Å². The molecular formula is C11H11BrClN3. The number of halogens is 2. The SMILES string of the molecule is Cn1c(Cl)cnc1CNc1ccc(Br)cc1. The van der Waals surface area contributed by atoms with E-state index in [0.717, 1.165) is 16.0 Å². The summed E-state index contributed by atoms with van der Waals surface area (Å²) in [5.41, 5.74) is 1.06. The predicted octanol–water partition coefficient (Wildman–Crippen LogP) is 3.45. The monoisotopic (exact) mass is 299 g/mol. The van der Waals surface area contributed by atoms with E-state index in [1.165, 1.54) is 0 Å². The molecule has 16 heavy (non-hydrogen) atoms. The van der Waals surface area contributed by atoms with Crippen molar-refractivity contribution in [3.8, 4) is 0 Å². The van der Waals surface area contributed by atoms with E-state index in [1.54, 1.807) is 6.20 Å². The van der Waals surface area contributed by atoms with E-state index in [1.807, 2.05) is 35.9 Å². The Hall–Kier alpha value is -1.000. The zero-order valence-corrected chi connectivity index (χ0v) is 11.1. The van der Waals surface area contributed by atoms with Crippen molar-refractivity contribution < 1.29 is 0 Å². The molecule has 84 valence electrons. The van der Waals surface area contributed by atoms with Gasteiger partial charge in [0.2, 0.25) is 0 Å². The van der Waals surface area contributed by atoms with Crippen molar-refractivity contribution in [1.29, 1.82) is 0 Å². The molecule has 1 aromatic heterocycles. The molecular weight excluding hydrogens is 289 g/mol. The molecule has 0 aliphatic rings. The van der Waals surface area contributed by atoms with Gasteiger partial charge in [-0.25, -0.2) is 4.98 Å². The molecule has 0 atom stereocenters. The number of imidazole rings is 1. The fraction of sp³-hybridized carbons (Fsp3) is 0.182. The van der Waals surface area contributed by atoms with Gasteiger partial charge >= 0.3 is 0 Å². The lowest BCUT2D eigenvalue weighted by molar-refractivity contribution is 0.813. The fourth-order valence-corrected chi connectivity index (χ4v) is 1.75. The first-order chi connectivity index (χ1) is 7.66. The largest absolute Gasteiger partial charge is 0.378 e. The topological polar surface area (TPSA) is 29.9 Å². The quantitative estimate of drug-likeness (QED) is 0.941. The molecule has 0 amide bonds. The second-order valence-corrected chi connectivity index (χ2v) is 4.72. The van der Waals surface area contributed by atoms with Crippen LogP contribution in [0.3, 0.4) is 0 Å². The number of anilines is 1. The summed E-state index contributed by atoms with van der Waals surface area (Å²) in [7, 11) is 1.90. The number of hydrogen-bond acceptors (Lipinski definition) is 2. The van der Waals surface area contributed by atoms with Crippen LogP contribution in [0, 0.1) is 0 Å². The van der Waals surface area contributed by atoms with Crippen molar-refractivity contribution in [3.05, 3.63) is 45.9 Å². The molecule has 0 fully saturated rings. The first kappa shape index (κ1) is 11.5. The highest BCUT2D eigenvalue weighted by atomic mass is 79.9. The predicted molar refractivity (Wildman–Crippen MR) is 69.7 cm³/mol. The van der Waals surface area contributed by atoms with E-state index in [0.29, 0.717) is 11.7 Å². The lowest BCUT2D eigenvalue weighted by Crippen LogP contribution is -2.05. The number of hydrogen-bond donors (Lipinski definition) is 1. The Balaban J connectivity index is 2.02. The van der Waals surface area contributed by atoms with Gasteiger partial charge in [0.05, 0.1) is 12.7 Å². The summed E-state index contributed by atoms with van der Waals surface area (Å²) in [6.45, 7) is 0.658. The van der Waals surface area contributed by atoms with Crippen molar-refractivity contribution in [2.24, 2.45) is 7.05 Å². The minimum Gasteiger partial charge on any atom is -0.378 e. The molecule has 0 spiro atoms. The molecule has 0 aliphatic carbocycles. The molecule has 3 nitrogen and oxygen atoms in total. The average Bonchev–Trinajstić information content (AvgIpc) is 2.60. The Morgan fingerprint density at radius 3 is 2.62 bits per heavy atom. The van der Waals surface area contributed by atoms with Crippen LogP contribution in [0.1, 0.15) is 5.82 Å². The highest BCUT2D eigenvalue weighted by molar-refractivity contribution is 9.10. The standard InChI is InChI=1S/C11H11BrClN3/c1-16-10(13)6-15-11(16)7-14-9-4-2-8(12)3-5-9/h2-6,14H,7H2,1H3. The third-order valence-corrected chi connectivity index (χ3v) is 3.20. The molecule has 0 saturated heterocycles.